The van der Waals surface area contributed by atoms with Crippen LogP contribution in [0, 0.1) is 0 Å². The first-order valence-electron chi connectivity index (χ1n) is 7.64. The number of rotatable bonds is 4. The van der Waals surface area contributed by atoms with Crippen molar-refractivity contribution in [1.82, 2.24) is 0 Å². The van der Waals surface area contributed by atoms with Gasteiger partial charge in [0, 0.05) is 19.4 Å². The van der Waals surface area contributed by atoms with E-state index in [0.29, 0.717) is 6.61 Å². The van der Waals surface area contributed by atoms with Gasteiger partial charge in [-0.3, -0.25) is 4.79 Å². The molecule has 1 N–H and O–H groups in total. The van der Waals surface area contributed by atoms with E-state index in [4.69, 9.17) is 14.6 Å². The largest absolute Gasteiger partial charge is 0.463 e. The minimum atomic E-state index is -0.249. The Morgan fingerprint density at radius 3 is 2.64 bits per heavy atom. The van der Waals surface area contributed by atoms with Crippen LogP contribution >= 0.6 is 0 Å². The van der Waals surface area contributed by atoms with Crippen molar-refractivity contribution in [2.75, 3.05) is 13.2 Å². The Morgan fingerprint density at radius 2 is 2.09 bits per heavy atom. The molecule has 1 unspecified atom stereocenters. The van der Waals surface area contributed by atoms with E-state index in [9.17, 15) is 4.79 Å². The fraction of sp³-hybridized carbons (Fsp3) is 0.500. The number of carbonyl (C=O) groups is 1. The molecular weight excluding hydrogens is 280 g/mol. The van der Waals surface area contributed by atoms with Gasteiger partial charge in [0.1, 0.15) is 6.61 Å². The fourth-order valence-electron chi connectivity index (χ4n) is 2.03. The zero-order chi connectivity index (χ0) is 16.4. The summed E-state index contributed by atoms with van der Waals surface area (Å²) in [5.74, 6) is 0.0157. The lowest BCUT2D eigenvalue weighted by atomic mass is 10.0. The number of hydrogen-bond donors (Lipinski definition) is 1. The fourth-order valence-corrected chi connectivity index (χ4v) is 2.03. The number of hydrogen-bond acceptors (Lipinski definition) is 4. The Labute approximate surface area is 132 Å². The maximum atomic E-state index is 10.5. The molecule has 0 radical (unpaired) electrons. The van der Waals surface area contributed by atoms with Gasteiger partial charge in [0.15, 0.2) is 0 Å². The summed E-state index contributed by atoms with van der Waals surface area (Å²) in [5.41, 5.74) is 1.20. The zero-order valence-electron chi connectivity index (χ0n) is 13.6. The molecule has 0 aliphatic carbocycles. The van der Waals surface area contributed by atoms with Gasteiger partial charge in [0.25, 0.3) is 0 Å². The monoisotopic (exact) mass is 306 g/mol. The van der Waals surface area contributed by atoms with Gasteiger partial charge in [-0.05, 0) is 18.9 Å². The summed E-state index contributed by atoms with van der Waals surface area (Å²) < 4.78 is 10.3. The molecule has 22 heavy (non-hydrogen) atoms. The Kier molecular flexibility index (Phi) is 8.48. The second kappa shape index (κ2) is 10.1. The van der Waals surface area contributed by atoms with Gasteiger partial charge in [-0.15, -0.1) is 0 Å². The number of esters is 1. The van der Waals surface area contributed by atoms with Crippen LogP contribution in [0.25, 0.3) is 0 Å². The predicted octanol–water partition coefficient (Wildman–Crippen LogP) is 3.07. The molecule has 0 amide bonds. The molecule has 0 aromatic heterocycles. The smallest absolute Gasteiger partial charge is 0.302 e. The van der Waals surface area contributed by atoms with Gasteiger partial charge in [0.2, 0.25) is 0 Å². The topological polar surface area (TPSA) is 55.8 Å². The maximum Gasteiger partial charge on any atom is 0.302 e. The first-order valence-corrected chi connectivity index (χ1v) is 7.64. The van der Waals surface area contributed by atoms with E-state index < -0.39 is 0 Å². The summed E-state index contributed by atoms with van der Waals surface area (Å²) >= 11 is 0. The molecule has 0 spiro atoms. The van der Waals surface area contributed by atoms with Gasteiger partial charge in [-0.25, -0.2) is 0 Å². The number of carbonyl (C=O) groups excluding carboxylic acids is 1. The van der Waals surface area contributed by atoms with Crippen LogP contribution in [0.5, 0.6) is 0 Å². The normalized spacial score (nSPS) is 21.5. The number of ether oxygens (including phenoxy) is 2. The predicted molar refractivity (Wildman–Crippen MR) is 86.7 cm³/mol. The van der Waals surface area contributed by atoms with E-state index in [-0.39, 0.29) is 30.7 Å². The zero-order valence-corrected chi connectivity index (χ0v) is 13.6. The van der Waals surface area contributed by atoms with Crippen LogP contribution in [0.2, 0.25) is 0 Å². The van der Waals surface area contributed by atoms with Crippen LogP contribution < -0.4 is 0 Å². The average molecular weight is 306 g/mol. The van der Waals surface area contributed by atoms with Gasteiger partial charge in [0.05, 0.1) is 12.2 Å². The molecule has 1 aromatic carbocycles. The molecule has 1 aromatic rings. The van der Waals surface area contributed by atoms with Crippen LogP contribution in [0.3, 0.4) is 0 Å². The van der Waals surface area contributed by atoms with E-state index in [1.807, 2.05) is 50.3 Å². The molecule has 4 nitrogen and oxygen atoms in total. The van der Waals surface area contributed by atoms with Gasteiger partial charge in [-0.1, -0.05) is 49.4 Å². The minimum absolute atomic E-state index is 0.0360. The van der Waals surface area contributed by atoms with Crippen LogP contribution in [0.15, 0.2) is 42.5 Å². The van der Waals surface area contributed by atoms with Crippen molar-refractivity contribution >= 4 is 5.97 Å². The lowest BCUT2D eigenvalue weighted by Gasteiger charge is -2.22. The average Bonchev–Trinajstić information content (AvgIpc) is 2.54. The van der Waals surface area contributed by atoms with Crippen molar-refractivity contribution in [3.8, 4) is 0 Å². The first kappa shape index (κ1) is 18.4. The van der Waals surface area contributed by atoms with Crippen LogP contribution in [-0.4, -0.2) is 36.5 Å². The van der Waals surface area contributed by atoms with Crippen molar-refractivity contribution in [3.05, 3.63) is 48.0 Å². The maximum absolute atomic E-state index is 10.5. The molecule has 2 rings (SSSR count). The summed E-state index contributed by atoms with van der Waals surface area (Å²) in [4.78, 5) is 10.5. The van der Waals surface area contributed by atoms with Crippen LogP contribution in [-0.2, 0) is 14.3 Å². The van der Waals surface area contributed by atoms with Crippen LogP contribution in [0.4, 0.5) is 0 Å². The minimum Gasteiger partial charge on any atom is -0.463 e. The first-order chi connectivity index (χ1) is 10.5. The SMILES string of the molecule is CC(=O)OC[C@@H]1CC=CC(C)O1.C[C@H](CO)c1ccccc1. The standard InChI is InChI=1S/C9H14O3.C9H12O/c1-7-4-3-5-9(12-7)6-11-8(2)10;1-8(7-10)9-5-3-2-4-6-9/h3-4,7,9H,5-6H2,1-2H3;2-6,8,10H,7H2,1H3/t7?,9-;8-/m01/s1. The molecule has 4 heteroatoms. The molecular formula is C18H26O4. The van der Waals surface area contributed by atoms with E-state index >= 15 is 0 Å². The van der Waals surface area contributed by atoms with Crippen molar-refractivity contribution in [3.63, 3.8) is 0 Å². The molecule has 1 aliphatic rings. The van der Waals surface area contributed by atoms with E-state index in [0.717, 1.165) is 6.42 Å². The van der Waals surface area contributed by atoms with Crippen LogP contribution in [0.1, 0.15) is 38.7 Å². The summed E-state index contributed by atoms with van der Waals surface area (Å²) in [7, 11) is 0. The lowest BCUT2D eigenvalue weighted by Crippen LogP contribution is -2.27. The van der Waals surface area contributed by atoms with Crippen molar-refractivity contribution in [2.45, 2.75) is 45.3 Å². The lowest BCUT2D eigenvalue weighted by molar-refractivity contribution is -0.146. The Balaban J connectivity index is 0.000000224. The van der Waals surface area contributed by atoms with E-state index in [1.54, 1.807) is 0 Å². The van der Waals surface area contributed by atoms with Crippen molar-refractivity contribution in [1.29, 1.82) is 0 Å². The molecule has 0 saturated carbocycles. The van der Waals surface area contributed by atoms with Crippen molar-refractivity contribution < 1.29 is 19.4 Å². The summed E-state index contributed by atoms with van der Waals surface area (Å²) in [6.07, 6.45) is 5.07. The highest BCUT2D eigenvalue weighted by atomic mass is 16.6. The quantitative estimate of drug-likeness (QED) is 0.686. The van der Waals surface area contributed by atoms with E-state index in [2.05, 4.69) is 6.08 Å². The van der Waals surface area contributed by atoms with Crippen molar-refractivity contribution in [2.24, 2.45) is 0 Å². The summed E-state index contributed by atoms with van der Waals surface area (Å²) in [5, 5.41) is 8.79. The van der Waals surface area contributed by atoms with Gasteiger partial charge >= 0.3 is 5.97 Å². The molecule has 0 fully saturated rings. The molecule has 1 aliphatic heterocycles. The summed E-state index contributed by atoms with van der Waals surface area (Å²) in [6.45, 7) is 5.97. The highest BCUT2D eigenvalue weighted by molar-refractivity contribution is 5.65. The van der Waals surface area contributed by atoms with Gasteiger partial charge < -0.3 is 14.6 Å². The second-order valence-electron chi connectivity index (χ2n) is 5.42. The highest BCUT2D eigenvalue weighted by Gasteiger charge is 2.15. The second-order valence-corrected chi connectivity index (χ2v) is 5.42. The number of aliphatic hydroxyl groups excluding tert-OH is 1. The molecule has 0 bridgehead atoms. The third kappa shape index (κ3) is 7.38. The van der Waals surface area contributed by atoms with Gasteiger partial charge in [-0.2, -0.15) is 0 Å². The molecule has 3 atom stereocenters. The molecule has 0 saturated heterocycles. The Bertz CT molecular complexity index is 455. The Morgan fingerprint density at radius 1 is 1.41 bits per heavy atom. The molecule has 122 valence electrons. The third-order valence-corrected chi connectivity index (χ3v) is 3.33. The molecule has 1 heterocycles. The Hall–Kier alpha value is -1.65. The highest BCUT2D eigenvalue weighted by Crippen LogP contribution is 2.12. The summed E-state index contributed by atoms with van der Waals surface area (Å²) in [6, 6.07) is 10.0. The number of benzene rings is 1. The number of aliphatic hydroxyl groups is 1. The third-order valence-electron chi connectivity index (χ3n) is 3.33. The van der Waals surface area contributed by atoms with E-state index in [1.165, 1.54) is 12.5 Å².